The van der Waals surface area contributed by atoms with E-state index in [0.717, 1.165) is 5.56 Å². The first kappa shape index (κ1) is 13.1. The number of benzene rings is 1. The Morgan fingerprint density at radius 3 is 2.44 bits per heavy atom. The van der Waals surface area contributed by atoms with Gasteiger partial charge in [0.1, 0.15) is 11.6 Å². The Kier molecular flexibility index (Phi) is 3.73. The van der Waals surface area contributed by atoms with E-state index in [1.54, 1.807) is 18.2 Å². The average molecular weight is 282 g/mol. The molecular formula is C13H13Cl2N3. The molecule has 94 valence electrons. The summed E-state index contributed by atoms with van der Waals surface area (Å²) in [5, 5.41) is 1.14. The van der Waals surface area contributed by atoms with Gasteiger partial charge in [0.25, 0.3) is 0 Å². The van der Waals surface area contributed by atoms with Gasteiger partial charge >= 0.3 is 0 Å². The van der Waals surface area contributed by atoms with Crippen molar-refractivity contribution in [2.45, 2.75) is 19.8 Å². The van der Waals surface area contributed by atoms with Gasteiger partial charge in [0.15, 0.2) is 0 Å². The van der Waals surface area contributed by atoms with Gasteiger partial charge in [0.05, 0.1) is 10.7 Å². The van der Waals surface area contributed by atoms with Crippen molar-refractivity contribution in [3.8, 4) is 11.3 Å². The lowest BCUT2D eigenvalue weighted by atomic mass is 10.1. The standard InChI is InChI=1S/C13H13Cl2N3/c1-7(2)13-17-11(6-12(16)18-13)9-4-3-8(14)5-10(9)15/h3-7H,1-2H3,(H2,16,17,18). The zero-order valence-electron chi connectivity index (χ0n) is 10.1. The third-order valence-corrected chi connectivity index (χ3v) is 3.03. The van der Waals surface area contributed by atoms with E-state index in [-0.39, 0.29) is 5.92 Å². The van der Waals surface area contributed by atoms with Crippen LogP contribution in [0.15, 0.2) is 24.3 Å². The molecule has 0 unspecified atom stereocenters. The third-order valence-electron chi connectivity index (χ3n) is 2.49. The van der Waals surface area contributed by atoms with Crippen molar-refractivity contribution in [1.82, 2.24) is 9.97 Å². The Balaban J connectivity index is 2.56. The molecule has 3 nitrogen and oxygen atoms in total. The molecule has 18 heavy (non-hydrogen) atoms. The quantitative estimate of drug-likeness (QED) is 0.899. The van der Waals surface area contributed by atoms with E-state index in [2.05, 4.69) is 9.97 Å². The summed E-state index contributed by atoms with van der Waals surface area (Å²) in [6.45, 7) is 4.03. The van der Waals surface area contributed by atoms with Crippen molar-refractivity contribution >= 4 is 29.0 Å². The SMILES string of the molecule is CC(C)c1nc(N)cc(-c2ccc(Cl)cc2Cl)n1. The second kappa shape index (κ2) is 5.12. The van der Waals surface area contributed by atoms with Crippen molar-refractivity contribution in [3.63, 3.8) is 0 Å². The van der Waals surface area contributed by atoms with Crippen LogP contribution in [0, 0.1) is 0 Å². The monoisotopic (exact) mass is 281 g/mol. The number of aromatic nitrogens is 2. The fraction of sp³-hybridized carbons (Fsp3) is 0.231. The van der Waals surface area contributed by atoms with Gasteiger partial charge in [-0.25, -0.2) is 9.97 Å². The van der Waals surface area contributed by atoms with Crippen LogP contribution in [0.4, 0.5) is 5.82 Å². The minimum Gasteiger partial charge on any atom is -0.384 e. The zero-order chi connectivity index (χ0) is 13.3. The van der Waals surface area contributed by atoms with Gasteiger partial charge in [-0.1, -0.05) is 37.0 Å². The number of anilines is 1. The van der Waals surface area contributed by atoms with Crippen LogP contribution in [0.3, 0.4) is 0 Å². The van der Waals surface area contributed by atoms with Gasteiger partial charge in [-0.2, -0.15) is 0 Å². The highest BCUT2D eigenvalue weighted by Crippen LogP contribution is 2.30. The smallest absolute Gasteiger partial charge is 0.133 e. The summed E-state index contributed by atoms with van der Waals surface area (Å²) in [6.07, 6.45) is 0. The van der Waals surface area contributed by atoms with Crippen LogP contribution in [0.25, 0.3) is 11.3 Å². The second-order valence-corrected chi connectivity index (χ2v) is 5.16. The van der Waals surface area contributed by atoms with Crippen LogP contribution < -0.4 is 5.73 Å². The van der Waals surface area contributed by atoms with Gasteiger partial charge in [-0.05, 0) is 18.2 Å². The Labute approximate surface area is 116 Å². The summed E-state index contributed by atoms with van der Waals surface area (Å²) in [5.74, 6) is 1.35. The van der Waals surface area contributed by atoms with E-state index >= 15 is 0 Å². The topological polar surface area (TPSA) is 51.8 Å². The Bertz CT molecular complexity index is 582. The number of nitrogens with zero attached hydrogens (tertiary/aromatic N) is 2. The molecule has 0 bridgehead atoms. The summed E-state index contributed by atoms with van der Waals surface area (Å²) < 4.78 is 0. The number of nitrogens with two attached hydrogens (primary N) is 1. The molecular weight excluding hydrogens is 269 g/mol. The fourth-order valence-electron chi connectivity index (χ4n) is 1.58. The third kappa shape index (κ3) is 2.74. The first-order chi connectivity index (χ1) is 8.47. The van der Waals surface area contributed by atoms with E-state index in [0.29, 0.717) is 27.4 Å². The normalized spacial score (nSPS) is 10.9. The number of hydrogen-bond acceptors (Lipinski definition) is 3. The van der Waals surface area contributed by atoms with Crippen LogP contribution in [0.5, 0.6) is 0 Å². The number of halogens is 2. The summed E-state index contributed by atoms with van der Waals surface area (Å²) in [5.41, 5.74) is 7.31. The van der Waals surface area contributed by atoms with E-state index < -0.39 is 0 Å². The van der Waals surface area contributed by atoms with E-state index in [9.17, 15) is 0 Å². The van der Waals surface area contributed by atoms with Gasteiger partial charge in [0.2, 0.25) is 0 Å². The van der Waals surface area contributed by atoms with Gasteiger partial charge < -0.3 is 5.73 Å². The molecule has 2 rings (SSSR count). The molecule has 1 heterocycles. The summed E-state index contributed by atoms with van der Waals surface area (Å²) >= 11 is 12.0. The van der Waals surface area contributed by atoms with E-state index in [4.69, 9.17) is 28.9 Å². The highest BCUT2D eigenvalue weighted by atomic mass is 35.5. The highest BCUT2D eigenvalue weighted by Gasteiger charge is 2.11. The Hall–Kier alpha value is -1.32. The first-order valence-electron chi connectivity index (χ1n) is 5.57. The Morgan fingerprint density at radius 2 is 1.83 bits per heavy atom. The molecule has 1 aromatic carbocycles. The summed E-state index contributed by atoms with van der Waals surface area (Å²) in [7, 11) is 0. The molecule has 2 N–H and O–H groups in total. The maximum atomic E-state index is 6.16. The fourth-order valence-corrected chi connectivity index (χ4v) is 2.08. The molecule has 2 aromatic rings. The van der Waals surface area contributed by atoms with Crippen LogP contribution in [0.2, 0.25) is 10.0 Å². The molecule has 0 spiro atoms. The lowest BCUT2D eigenvalue weighted by Gasteiger charge is -2.09. The van der Waals surface area contributed by atoms with Crippen LogP contribution in [-0.4, -0.2) is 9.97 Å². The predicted molar refractivity (Wildman–Crippen MR) is 76.0 cm³/mol. The molecule has 0 amide bonds. The predicted octanol–water partition coefficient (Wildman–Crippen LogP) is 4.16. The minimum absolute atomic E-state index is 0.207. The molecule has 0 aliphatic heterocycles. The summed E-state index contributed by atoms with van der Waals surface area (Å²) in [4.78, 5) is 8.68. The minimum atomic E-state index is 0.207. The number of nitrogen functional groups attached to an aromatic ring is 1. The maximum Gasteiger partial charge on any atom is 0.133 e. The number of rotatable bonds is 2. The molecule has 5 heteroatoms. The van der Waals surface area contributed by atoms with Crippen molar-refractivity contribution in [2.75, 3.05) is 5.73 Å². The van der Waals surface area contributed by atoms with Gasteiger partial charge in [-0.15, -0.1) is 0 Å². The molecule has 0 fully saturated rings. The van der Waals surface area contributed by atoms with Gasteiger partial charge in [-0.3, -0.25) is 0 Å². The lowest BCUT2D eigenvalue weighted by Crippen LogP contribution is -2.03. The van der Waals surface area contributed by atoms with Crippen LogP contribution in [0.1, 0.15) is 25.6 Å². The second-order valence-electron chi connectivity index (χ2n) is 4.32. The molecule has 0 saturated heterocycles. The van der Waals surface area contributed by atoms with Gasteiger partial charge in [0, 0.05) is 22.6 Å². The molecule has 0 atom stereocenters. The van der Waals surface area contributed by atoms with E-state index in [1.165, 1.54) is 0 Å². The molecule has 0 aliphatic carbocycles. The van der Waals surface area contributed by atoms with Crippen molar-refractivity contribution in [1.29, 1.82) is 0 Å². The highest BCUT2D eigenvalue weighted by molar-refractivity contribution is 6.36. The summed E-state index contributed by atoms with van der Waals surface area (Å²) in [6, 6.07) is 7.00. The van der Waals surface area contributed by atoms with Crippen molar-refractivity contribution in [3.05, 3.63) is 40.1 Å². The molecule has 0 saturated carbocycles. The first-order valence-corrected chi connectivity index (χ1v) is 6.33. The van der Waals surface area contributed by atoms with Crippen molar-refractivity contribution < 1.29 is 0 Å². The average Bonchev–Trinajstić information content (AvgIpc) is 2.27. The largest absolute Gasteiger partial charge is 0.384 e. The number of hydrogen-bond donors (Lipinski definition) is 1. The maximum absolute atomic E-state index is 6.16. The molecule has 0 radical (unpaired) electrons. The van der Waals surface area contributed by atoms with Crippen molar-refractivity contribution in [2.24, 2.45) is 0 Å². The van der Waals surface area contributed by atoms with Crippen LogP contribution in [-0.2, 0) is 0 Å². The van der Waals surface area contributed by atoms with E-state index in [1.807, 2.05) is 19.9 Å². The van der Waals surface area contributed by atoms with Crippen LogP contribution >= 0.6 is 23.2 Å². The lowest BCUT2D eigenvalue weighted by molar-refractivity contribution is 0.779. The molecule has 0 aliphatic rings. The molecule has 1 aromatic heterocycles. The zero-order valence-corrected chi connectivity index (χ0v) is 11.6. The Morgan fingerprint density at radius 1 is 1.11 bits per heavy atom.